The highest BCUT2D eigenvalue weighted by atomic mass is 32.2. The van der Waals surface area contributed by atoms with Crippen molar-refractivity contribution in [2.24, 2.45) is 0 Å². The van der Waals surface area contributed by atoms with Crippen molar-refractivity contribution < 1.29 is 12.6 Å². The molecule has 118 valence electrons. The summed E-state index contributed by atoms with van der Waals surface area (Å²) in [4.78, 5) is 0.709. The maximum Gasteiger partial charge on any atom is 0.215 e. The molecule has 0 heterocycles. The second-order valence-electron chi connectivity index (χ2n) is 5.01. The Balaban J connectivity index is 1.86. The molecule has 1 unspecified atom stereocenters. The minimum absolute atomic E-state index is 0.0628. The Morgan fingerprint density at radius 1 is 1.05 bits per heavy atom. The molecule has 4 nitrogen and oxygen atoms in total. The topological polar surface area (TPSA) is 63.2 Å². The standard InChI is InChI=1S/C16H19NO3S2/c1-14-6-5-7-15(12-14)13-22(19,20)17-10-11-21(18)16-8-3-2-4-9-16/h2-9,12,17H,10-11,13H2,1H3. The molecule has 0 spiro atoms. The van der Waals surface area contributed by atoms with Gasteiger partial charge in [-0.25, -0.2) is 13.1 Å². The van der Waals surface area contributed by atoms with E-state index in [1.807, 2.05) is 43.3 Å². The van der Waals surface area contributed by atoms with E-state index < -0.39 is 20.8 Å². The largest absolute Gasteiger partial charge is 0.254 e. The average Bonchev–Trinajstić information content (AvgIpc) is 2.47. The molecular weight excluding hydrogens is 318 g/mol. The van der Waals surface area contributed by atoms with Crippen LogP contribution in [0.15, 0.2) is 59.5 Å². The van der Waals surface area contributed by atoms with Gasteiger partial charge in [0, 0.05) is 17.2 Å². The predicted molar refractivity (Wildman–Crippen MR) is 89.5 cm³/mol. The summed E-state index contributed by atoms with van der Waals surface area (Å²) < 4.78 is 38.6. The first-order chi connectivity index (χ1) is 10.5. The van der Waals surface area contributed by atoms with Crippen LogP contribution in [-0.2, 0) is 26.6 Å². The van der Waals surface area contributed by atoms with Crippen molar-refractivity contribution in [3.8, 4) is 0 Å². The summed E-state index contributed by atoms with van der Waals surface area (Å²) in [7, 11) is -4.61. The number of hydrogen-bond donors (Lipinski definition) is 1. The van der Waals surface area contributed by atoms with Gasteiger partial charge >= 0.3 is 0 Å². The molecule has 22 heavy (non-hydrogen) atoms. The molecule has 0 saturated heterocycles. The highest BCUT2D eigenvalue weighted by Crippen LogP contribution is 2.08. The molecule has 0 saturated carbocycles. The second-order valence-corrected chi connectivity index (χ2v) is 8.38. The Morgan fingerprint density at radius 2 is 1.77 bits per heavy atom. The highest BCUT2D eigenvalue weighted by molar-refractivity contribution is 7.88. The van der Waals surface area contributed by atoms with Gasteiger partial charge in [-0.05, 0) is 24.6 Å². The molecule has 2 aromatic carbocycles. The summed E-state index contributed by atoms with van der Waals surface area (Å²) in [5, 5.41) is 0. The van der Waals surface area contributed by atoms with E-state index in [1.165, 1.54) is 0 Å². The molecule has 0 aliphatic carbocycles. The molecule has 0 aliphatic rings. The average molecular weight is 337 g/mol. The maximum atomic E-state index is 12.0. The van der Waals surface area contributed by atoms with Gasteiger partial charge in [0.1, 0.15) is 0 Å². The van der Waals surface area contributed by atoms with Crippen LogP contribution in [0, 0.1) is 6.92 Å². The smallest absolute Gasteiger partial charge is 0.215 e. The molecule has 1 atom stereocenters. The first kappa shape index (κ1) is 16.9. The van der Waals surface area contributed by atoms with Crippen molar-refractivity contribution >= 4 is 20.8 Å². The molecule has 0 aromatic heterocycles. The molecule has 0 bridgehead atoms. The van der Waals surface area contributed by atoms with Crippen LogP contribution in [0.25, 0.3) is 0 Å². The van der Waals surface area contributed by atoms with Crippen LogP contribution in [0.4, 0.5) is 0 Å². The SMILES string of the molecule is Cc1cccc(CS(=O)(=O)NCCS(=O)c2ccccc2)c1. The fraction of sp³-hybridized carbons (Fsp3) is 0.250. The van der Waals surface area contributed by atoms with E-state index in [0.29, 0.717) is 4.90 Å². The third-order valence-electron chi connectivity index (χ3n) is 3.05. The predicted octanol–water partition coefficient (Wildman–Crippen LogP) is 2.22. The Labute approximate surface area is 134 Å². The molecule has 0 fully saturated rings. The monoisotopic (exact) mass is 337 g/mol. The van der Waals surface area contributed by atoms with E-state index in [-0.39, 0.29) is 18.1 Å². The quantitative estimate of drug-likeness (QED) is 0.843. The lowest BCUT2D eigenvalue weighted by atomic mass is 10.2. The maximum absolute atomic E-state index is 12.0. The second kappa shape index (κ2) is 7.67. The van der Waals surface area contributed by atoms with Crippen LogP contribution in [0.2, 0.25) is 0 Å². The molecule has 2 aromatic rings. The van der Waals surface area contributed by atoms with E-state index >= 15 is 0 Å². The third kappa shape index (κ3) is 5.36. The van der Waals surface area contributed by atoms with E-state index in [2.05, 4.69) is 4.72 Å². The zero-order valence-corrected chi connectivity index (χ0v) is 14.0. The Kier molecular flexibility index (Phi) is 5.88. The summed E-state index contributed by atoms with van der Waals surface area (Å²) in [5.74, 6) is 0.198. The molecule has 2 rings (SSSR count). The fourth-order valence-corrected chi connectivity index (χ4v) is 4.30. The molecule has 0 radical (unpaired) electrons. The first-order valence-electron chi connectivity index (χ1n) is 6.92. The Morgan fingerprint density at radius 3 is 2.45 bits per heavy atom. The normalized spacial score (nSPS) is 13.0. The Bertz CT molecular complexity index is 743. The van der Waals surface area contributed by atoms with Gasteiger partial charge in [0.15, 0.2) is 0 Å². The summed E-state index contributed by atoms with van der Waals surface area (Å²) in [6, 6.07) is 16.4. The van der Waals surface area contributed by atoms with E-state index in [4.69, 9.17) is 0 Å². The van der Waals surface area contributed by atoms with Crippen molar-refractivity contribution in [3.63, 3.8) is 0 Å². The highest BCUT2D eigenvalue weighted by Gasteiger charge is 2.12. The van der Waals surface area contributed by atoms with Crippen LogP contribution in [0.3, 0.4) is 0 Å². The molecule has 0 aliphatic heterocycles. The van der Waals surface area contributed by atoms with Gasteiger partial charge in [0.05, 0.1) is 16.6 Å². The van der Waals surface area contributed by atoms with E-state index in [9.17, 15) is 12.6 Å². The summed E-state index contributed by atoms with van der Waals surface area (Å²) >= 11 is 0. The van der Waals surface area contributed by atoms with Crippen molar-refractivity contribution in [1.82, 2.24) is 4.72 Å². The van der Waals surface area contributed by atoms with Gasteiger partial charge < -0.3 is 0 Å². The lowest BCUT2D eigenvalue weighted by Gasteiger charge is -2.07. The van der Waals surface area contributed by atoms with Crippen molar-refractivity contribution in [2.45, 2.75) is 17.6 Å². The van der Waals surface area contributed by atoms with Gasteiger partial charge in [0.2, 0.25) is 10.0 Å². The van der Waals surface area contributed by atoms with Crippen molar-refractivity contribution in [1.29, 1.82) is 0 Å². The van der Waals surface area contributed by atoms with Crippen LogP contribution in [0.5, 0.6) is 0 Å². The number of rotatable bonds is 7. The van der Waals surface area contributed by atoms with E-state index in [1.54, 1.807) is 18.2 Å². The zero-order chi connectivity index (χ0) is 16.0. The molecule has 1 N–H and O–H groups in total. The molecular formula is C16H19NO3S2. The van der Waals surface area contributed by atoms with Crippen LogP contribution in [0.1, 0.15) is 11.1 Å². The summed E-state index contributed by atoms with van der Waals surface area (Å²) in [5.41, 5.74) is 1.77. The van der Waals surface area contributed by atoms with E-state index in [0.717, 1.165) is 11.1 Å². The minimum Gasteiger partial charge on any atom is -0.254 e. The third-order valence-corrected chi connectivity index (χ3v) is 5.78. The minimum atomic E-state index is -3.41. The number of nitrogens with one attached hydrogen (secondary N) is 1. The lowest BCUT2D eigenvalue weighted by molar-refractivity contribution is 0.583. The van der Waals surface area contributed by atoms with Gasteiger partial charge in [-0.1, -0.05) is 48.0 Å². The molecule has 6 heteroatoms. The van der Waals surface area contributed by atoms with Crippen LogP contribution >= 0.6 is 0 Å². The van der Waals surface area contributed by atoms with Gasteiger partial charge in [0.25, 0.3) is 0 Å². The number of aryl methyl sites for hydroxylation is 1. The van der Waals surface area contributed by atoms with Crippen LogP contribution < -0.4 is 4.72 Å². The zero-order valence-electron chi connectivity index (χ0n) is 12.4. The number of benzene rings is 2. The van der Waals surface area contributed by atoms with Gasteiger partial charge in [-0.3, -0.25) is 4.21 Å². The first-order valence-corrected chi connectivity index (χ1v) is 9.90. The Hall–Kier alpha value is -1.50. The number of hydrogen-bond acceptors (Lipinski definition) is 3. The lowest BCUT2D eigenvalue weighted by Crippen LogP contribution is -2.29. The van der Waals surface area contributed by atoms with Crippen molar-refractivity contribution in [2.75, 3.05) is 12.3 Å². The van der Waals surface area contributed by atoms with Gasteiger partial charge in [-0.15, -0.1) is 0 Å². The van der Waals surface area contributed by atoms with Gasteiger partial charge in [-0.2, -0.15) is 0 Å². The van der Waals surface area contributed by atoms with Crippen molar-refractivity contribution in [3.05, 3.63) is 65.7 Å². The number of sulfonamides is 1. The summed E-state index contributed by atoms with van der Waals surface area (Å²) in [6.45, 7) is 2.09. The fourth-order valence-electron chi connectivity index (χ4n) is 2.05. The molecule has 0 amide bonds. The van der Waals surface area contributed by atoms with Crippen LogP contribution in [-0.4, -0.2) is 24.9 Å². The summed E-state index contributed by atoms with van der Waals surface area (Å²) in [6.07, 6.45) is 0.